The summed E-state index contributed by atoms with van der Waals surface area (Å²) in [6.45, 7) is 3.76. The molecule has 1 aliphatic heterocycles. The van der Waals surface area contributed by atoms with Crippen molar-refractivity contribution in [1.82, 2.24) is 5.32 Å². The number of hydrogen-bond donors (Lipinski definition) is 3. The first-order valence-electron chi connectivity index (χ1n) is 11.7. The standard InChI is InChI=1S/C27H28Cl2N4O2/c1-18(19-8-4-2-5-9-19)30-26(34)22-16-20(11-13-25(22)33-14-6-3-7-15-33)31-27(35)32-21-10-12-23(28)24(29)17-21/h2,4-5,8-13,16-18H,3,6-7,14-15H2,1H3,(H,30,34)(H2,31,32,35). The van der Waals surface area contributed by atoms with Gasteiger partial charge in [0.1, 0.15) is 0 Å². The molecule has 8 heteroatoms. The van der Waals surface area contributed by atoms with Crippen LogP contribution in [0.3, 0.4) is 0 Å². The monoisotopic (exact) mass is 510 g/mol. The van der Waals surface area contributed by atoms with Crippen LogP contribution in [0.25, 0.3) is 0 Å². The maximum atomic E-state index is 13.4. The summed E-state index contributed by atoms with van der Waals surface area (Å²) in [5.41, 5.74) is 3.45. The number of urea groups is 1. The van der Waals surface area contributed by atoms with E-state index >= 15 is 0 Å². The van der Waals surface area contributed by atoms with Gasteiger partial charge in [0.15, 0.2) is 0 Å². The summed E-state index contributed by atoms with van der Waals surface area (Å²) < 4.78 is 0. The molecule has 1 heterocycles. The molecule has 6 nitrogen and oxygen atoms in total. The summed E-state index contributed by atoms with van der Waals surface area (Å²) in [7, 11) is 0. The van der Waals surface area contributed by atoms with Crippen LogP contribution in [0, 0.1) is 0 Å². The minimum absolute atomic E-state index is 0.160. The number of nitrogens with zero attached hydrogens (tertiary/aromatic N) is 1. The van der Waals surface area contributed by atoms with Crippen molar-refractivity contribution in [2.45, 2.75) is 32.2 Å². The molecule has 0 aliphatic carbocycles. The molecule has 4 rings (SSSR count). The zero-order valence-electron chi connectivity index (χ0n) is 19.5. The van der Waals surface area contributed by atoms with Crippen LogP contribution in [0.5, 0.6) is 0 Å². The van der Waals surface area contributed by atoms with Gasteiger partial charge in [-0.2, -0.15) is 0 Å². The lowest BCUT2D eigenvalue weighted by atomic mass is 10.0. The second-order valence-corrected chi connectivity index (χ2v) is 9.41. The molecule has 0 spiro atoms. The molecule has 35 heavy (non-hydrogen) atoms. The van der Waals surface area contributed by atoms with Gasteiger partial charge in [0, 0.05) is 30.2 Å². The predicted octanol–water partition coefficient (Wildman–Crippen LogP) is 7.12. The Morgan fingerprint density at radius 3 is 2.17 bits per heavy atom. The van der Waals surface area contributed by atoms with Gasteiger partial charge < -0.3 is 20.9 Å². The van der Waals surface area contributed by atoms with Gasteiger partial charge in [0.2, 0.25) is 0 Å². The third kappa shape index (κ3) is 6.47. The van der Waals surface area contributed by atoms with Gasteiger partial charge in [0.05, 0.1) is 21.7 Å². The lowest BCUT2D eigenvalue weighted by Crippen LogP contribution is -2.33. The van der Waals surface area contributed by atoms with Crippen molar-refractivity contribution in [2.24, 2.45) is 0 Å². The number of rotatable bonds is 6. The molecule has 1 saturated heterocycles. The van der Waals surface area contributed by atoms with E-state index in [0.717, 1.165) is 37.2 Å². The summed E-state index contributed by atoms with van der Waals surface area (Å²) in [5, 5.41) is 9.41. The van der Waals surface area contributed by atoms with Crippen LogP contribution >= 0.6 is 23.2 Å². The molecule has 1 atom stereocenters. The quantitative estimate of drug-likeness (QED) is 0.330. The minimum atomic E-state index is -0.446. The maximum absolute atomic E-state index is 13.4. The molecule has 182 valence electrons. The first-order valence-corrected chi connectivity index (χ1v) is 12.4. The first kappa shape index (κ1) is 24.9. The highest BCUT2D eigenvalue weighted by Gasteiger charge is 2.21. The lowest BCUT2D eigenvalue weighted by molar-refractivity contribution is 0.0940. The summed E-state index contributed by atoms with van der Waals surface area (Å²) >= 11 is 12.0. The molecule has 3 N–H and O–H groups in total. The molecule has 0 radical (unpaired) electrons. The van der Waals surface area contributed by atoms with E-state index in [0.29, 0.717) is 27.0 Å². The Bertz CT molecular complexity index is 1200. The molecule has 1 aliphatic rings. The second-order valence-electron chi connectivity index (χ2n) is 8.59. The molecular weight excluding hydrogens is 483 g/mol. The van der Waals surface area contributed by atoms with Gasteiger partial charge >= 0.3 is 6.03 Å². The Labute approximate surface area is 215 Å². The van der Waals surface area contributed by atoms with Gasteiger partial charge in [-0.15, -0.1) is 0 Å². The molecule has 3 amide bonds. The Balaban J connectivity index is 1.54. The normalized spacial score (nSPS) is 14.2. The van der Waals surface area contributed by atoms with Crippen molar-refractivity contribution in [3.05, 3.63) is 87.9 Å². The summed E-state index contributed by atoms with van der Waals surface area (Å²) in [5.74, 6) is -0.185. The van der Waals surface area contributed by atoms with E-state index in [2.05, 4.69) is 20.9 Å². The van der Waals surface area contributed by atoms with Crippen LogP contribution < -0.4 is 20.9 Å². The number of benzene rings is 3. The molecule has 1 unspecified atom stereocenters. The molecular formula is C27H28Cl2N4O2. The topological polar surface area (TPSA) is 73.5 Å². The number of nitrogens with one attached hydrogen (secondary N) is 3. The number of carbonyl (C=O) groups excluding carboxylic acids is 2. The lowest BCUT2D eigenvalue weighted by Gasteiger charge is -2.31. The van der Waals surface area contributed by atoms with Gasteiger partial charge in [-0.1, -0.05) is 53.5 Å². The molecule has 1 fully saturated rings. The third-order valence-corrected chi connectivity index (χ3v) is 6.76. The SMILES string of the molecule is CC(NC(=O)c1cc(NC(=O)Nc2ccc(Cl)c(Cl)c2)ccc1N1CCCCC1)c1ccccc1. The van der Waals surface area contributed by atoms with E-state index in [1.54, 1.807) is 24.3 Å². The minimum Gasteiger partial charge on any atom is -0.371 e. The average Bonchev–Trinajstić information content (AvgIpc) is 2.87. The largest absolute Gasteiger partial charge is 0.371 e. The van der Waals surface area contributed by atoms with E-state index in [4.69, 9.17) is 23.2 Å². The van der Waals surface area contributed by atoms with E-state index in [1.165, 1.54) is 6.42 Å². The Kier molecular flexibility index (Phi) is 8.16. The summed E-state index contributed by atoms with van der Waals surface area (Å²) in [4.78, 5) is 28.2. The highest BCUT2D eigenvalue weighted by atomic mass is 35.5. The second kappa shape index (κ2) is 11.5. The number of carbonyl (C=O) groups is 2. The molecule has 0 aromatic heterocycles. The van der Waals surface area contributed by atoms with Crippen LogP contribution in [0.1, 0.15) is 48.1 Å². The number of piperidine rings is 1. The molecule has 3 aromatic carbocycles. The Hall–Kier alpha value is -3.22. The molecule has 0 bridgehead atoms. The van der Waals surface area contributed by atoms with Crippen molar-refractivity contribution in [3.63, 3.8) is 0 Å². The third-order valence-electron chi connectivity index (χ3n) is 6.02. The van der Waals surface area contributed by atoms with Crippen molar-refractivity contribution in [3.8, 4) is 0 Å². The zero-order valence-corrected chi connectivity index (χ0v) is 21.0. The molecule has 3 aromatic rings. The zero-order chi connectivity index (χ0) is 24.8. The van der Waals surface area contributed by atoms with Crippen molar-refractivity contribution in [1.29, 1.82) is 0 Å². The maximum Gasteiger partial charge on any atom is 0.323 e. The number of hydrogen-bond acceptors (Lipinski definition) is 3. The van der Waals surface area contributed by atoms with Crippen LogP contribution in [-0.2, 0) is 0 Å². The van der Waals surface area contributed by atoms with Crippen LogP contribution in [0.4, 0.5) is 21.9 Å². The Morgan fingerprint density at radius 1 is 0.829 bits per heavy atom. The van der Waals surface area contributed by atoms with Crippen molar-refractivity contribution < 1.29 is 9.59 Å². The van der Waals surface area contributed by atoms with Crippen LogP contribution in [0.2, 0.25) is 10.0 Å². The smallest absolute Gasteiger partial charge is 0.323 e. The van der Waals surface area contributed by atoms with E-state index < -0.39 is 6.03 Å². The van der Waals surface area contributed by atoms with E-state index in [9.17, 15) is 9.59 Å². The Morgan fingerprint density at radius 2 is 1.49 bits per heavy atom. The molecule has 0 saturated carbocycles. The number of amides is 3. The summed E-state index contributed by atoms with van der Waals surface area (Å²) in [6.07, 6.45) is 3.37. The fraction of sp³-hybridized carbons (Fsp3) is 0.259. The highest BCUT2D eigenvalue weighted by Crippen LogP contribution is 2.29. The summed E-state index contributed by atoms with van der Waals surface area (Å²) in [6, 6.07) is 19.5. The fourth-order valence-corrected chi connectivity index (χ4v) is 4.47. The van der Waals surface area contributed by atoms with Gasteiger partial charge in [-0.3, -0.25) is 4.79 Å². The van der Waals surface area contributed by atoms with E-state index in [-0.39, 0.29) is 11.9 Å². The van der Waals surface area contributed by atoms with Gasteiger partial charge in [-0.05, 0) is 68.1 Å². The van der Waals surface area contributed by atoms with Crippen LogP contribution in [0.15, 0.2) is 66.7 Å². The predicted molar refractivity (Wildman–Crippen MR) is 144 cm³/mol. The number of halogens is 2. The van der Waals surface area contributed by atoms with Crippen molar-refractivity contribution in [2.75, 3.05) is 28.6 Å². The van der Waals surface area contributed by atoms with Crippen molar-refractivity contribution >= 4 is 52.2 Å². The average molecular weight is 511 g/mol. The highest BCUT2D eigenvalue weighted by molar-refractivity contribution is 6.42. The van der Waals surface area contributed by atoms with E-state index in [1.807, 2.05) is 49.4 Å². The van der Waals surface area contributed by atoms with Gasteiger partial charge in [0.25, 0.3) is 5.91 Å². The van der Waals surface area contributed by atoms with Crippen LogP contribution in [-0.4, -0.2) is 25.0 Å². The number of anilines is 3. The first-order chi connectivity index (χ1) is 16.9. The van der Waals surface area contributed by atoms with Gasteiger partial charge in [-0.25, -0.2) is 4.79 Å². The fourth-order valence-electron chi connectivity index (χ4n) is 4.17.